The standard InChI is InChI=1S/C29H33Cl2N3O5S/c1-20(2)32-29(36)26(16-21-8-6-5-7-9-21)33(18-22-10-12-23(30)13-11-22)28(35)19-34(40(4,37)38)24-14-15-27(39-3)25(31)17-24/h5-15,17,20,26H,16,18-19H2,1-4H3,(H,32,36)/t26-/m1/s1. The summed E-state index contributed by atoms with van der Waals surface area (Å²) in [5.41, 5.74) is 1.77. The topological polar surface area (TPSA) is 96.0 Å². The summed E-state index contributed by atoms with van der Waals surface area (Å²) in [5.74, 6) is -0.547. The number of hydrogen-bond acceptors (Lipinski definition) is 5. The first kappa shape index (κ1) is 31.3. The fraction of sp³-hybridized carbons (Fsp3) is 0.310. The largest absolute Gasteiger partial charge is 0.495 e. The van der Waals surface area contributed by atoms with Gasteiger partial charge in [0.1, 0.15) is 18.3 Å². The second kappa shape index (κ2) is 13.9. The first-order chi connectivity index (χ1) is 18.9. The van der Waals surface area contributed by atoms with Gasteiger partial charge in [-0.25, -0.2) is 8.42 Å². The summed E-state index contributed by atoms with van der Waals surface area (Å²) in [5, 5.41) is 3.63. The zero-order valence-corrected chi connectivity index (χ0v) is 25.1. The van der Waals surface area contributed by atoms with Crippen LogP contribution in [0.3, 0.4) is 0 Å². The van der Waals surface area contributed by atoms with Crippen molar-refractivity contribution in [3.05, 3.63) is 94.0 Å². The van der Waals surface area contributed by atoms with Crippen molar-refractivity contribution in [1.29, 1.82) is 0 Å². The monoisotopic (exact) mass is 605 g/mol. The normalized spacial score (nSPS) is 12.1. The predicted octanol–water partition coefficient (Wildman–Crippen LogP) is 4.93. The molecule has 0 spiro atoms. The van der Waals surface area contributed by atoms with E-state index in [1.165, 1.54) is 30.2 Å². The summed E-state index contributed by atoms with van der Waals surface area (Å²) in [7, 11) is -2.47. The molecule has 0 saturated heterocycles. The highest BCUT2D eigenvalue weighted by Gasteiger charge is 2.33. The Balaban J connectivity index is 2.06. The molecular weight excluding hydrogens is 573 g/mol. The first-order valence-electron chi connectivity index (χ1n) is 12.6. The lowest BCUT2D eigenvalue weighted by Gasteiger charge is -2.34. The molecular formula is C29H33Cl2N3O5S. The van der Waals surface area contributed by atoms with Crippen LogP contribution < -0.4 is 14.4 Å². The molecule has 0 unspecified atom stereocenters. The average Bonchev–Trinajstić information content (AvgIpc) is 2.89. The van der Waals surface area contributed by atoms with Crippen molar-refractivity contribution >= 4 is 50.7 Å². The highest BCUT2D eigenvalue weighted by molar-refractivity contribution is 7.92. The molecule has 0 aromatic heterocycles. The third-order valence-electron chi connectivity index (χ3n) is 6.07. The number of anilines is 1. The molecule has 8 nitrogen and oxygen atoms in total. The zero-order chi connectivity index (χ0) is 29.4. The minimum absolute atomic E-state index is 0.0555. The van der Waals surface area contributed by atoms with Gasteiger partial charge in [0.25, 0.3) is 0 Å². The van der Waals surface area contributed by atoms with Crippen molar-refractivity contribution < 1.29 is 22.7 Å². The molecule has 1 N–H and O–H groups in total. The van der Waals surface area contributed by atoms with Gasteiger partial charge in [0, 0.05) is 24.0 Å². The molecule has 2 amide bonds. The van der Waals surface area contributed by atoms with E-state index in [1.807, 2.05) is 44.2 Å². The number of carbonyl (C=O) groups excluding carboxylic acids is 2. The van der Waals surface area contributed by atoms with E-state index in [9.17, 15) is 18.0 Å². The summed E-state index contributed by atoms with van der Waals surface area (Å²) in [6, 6.07) is 19.6. The van der Waals surface area contributed by atoms with Gasteiger partial charge in [0.15, 0.2) is 0 Å². The van der Waals surface area contributed by atoms with E-state index in [0.717, 1.165) is 21.7 Å². The lowest BCUT2D eigenvalue weighted by molar-refractivity contribution is -0.140. The fourth-order valence-corrected chi connectivity index (χ4v) is 5.36. The van der Waals surface area contributed by atoms with E-state index in [-0.39, 0.29) is 35.6 Å². The predicted molar refractivity (Wildman–Crippen MR) is 159 cm³/mol. The van der Waals surface area contributed by atoms with Crippen LogP contribution >= 0.6 is 23.2 Å². The molecule has 0 bridgehead atoms. The molecule has 3 aromatic carbocycles. The van der Waals surface area contributed by atoms with Crippen molar-refractivity contribution in [2.75, 3.05) is 24.2 Å². The van der Waals surface area contributed by atoms with Crippen LogP contribution in [-0.2, 0) is 32.6 Å². The van der Waals surface area contributed by atoms with Gasteiger partial charge in [-0.15, -0.1) is 0 Å². The van der Waals surface area contributed by atoms with E-state index in [1.54, 1.807) is 24.3 Å². The Morgan fingerprint density at radius 2 is 1.60 bits per heavy atom. The van der Waals surface area contributed by atoms with Crippen LogP contribution in [0.5, 0.6) is 5.75 Å². The number of halogens is 2. The quantitative estimate of drug-likeness (QED) is 0.316. The van der Waals surface area contributed by atoms with Crippen molar-refractivity contribution in [3.63, 3.8) is 0 Å². The van der Waals surface area contributed by atoms with Gasteiger partial charge < -0.3 is 15.0 Å². The van der Waals surface area contributed by atoms with Crippen molar-refractivity contribution in [3.8, 4) is 5.75 Å². The lowest BCUT2D eigenvalue weighted by Crippen LogP contribution is -2.54. The second-order valence-corrected chi connectivity index (χ2v) is 12.4. The van der Waals surface area contributed by atoms with E-state index in [0.29, 0.717) is 10.8 Å². The summed E-state index contributed by atoms with van der Waals surface area (Å²) in [6.45, 7) is 3.18. The van der Waals surface area contributed by atoms with E-state index < -0.39 is 28.5 Å². The van der Waals surface area contributed by atoms with E-state index >= 15 is 0 Å². The minimum Gasteiger partial charge on any atom is -0.495 e. The maximum atomic E-state index is 14.0. The SMILES string of the molecule is COc1ccc(N(CC(=O)N(Cc2ccc(Cl)cc2)[C@H](Cc2ccccc2)C(=O)NC(C)C)S(C)(=O)=O)cc1Cl. The summed E-state index contributed by atoms with van der Waals surface area (Å²) >= 11 is 12.3. The molecule has 0 aliphatic heterocycles. The van der Waals surface area contributed by atoms with Crippen LogP contribution in [0.4, 0.5) is 5.69 Å². The Morgan fingerprint density at radius 1 is 0.950 bits per heavy atom. The van der Waals surface area contributed by atoms with Crippen molar-refractivity contribution in [2.45, 2.75) is 38.9 Å². The Hall–Kier alpha value is -3.27. The van der Waals surface area contributed by atoms with Crippen LogP contribution in [0.15, 0.2) is 72.8 Å². The van der Waals surface area contributed by atoms with Crippen molar-refractivity contribution in [1.82, 2.24) is 10.2 Å². The number of sulfonamides is 1. The molecule has 0 radical (unpaired) electrons. The number of hydrogen-bond donors (Lipinski definition) is 1. The van der Waals surface area contributed by atoms with E-state index in [4.69, 9.17) is 27.9 Å². The summed E-state index contributed by atoms with van der Waals surface area (Å²) in [6.07, 6.45) is 1.24. The second-order valence-electron chi connectivity index (χ2n) is 9.61. The minimum atomic E-state index is -3.92. The molecule has 1 atom stereocenters. The Morgan fingerprint density at radius 3 is 2.15 bits per heavy atom. The lowest BCUT2D eigenvalue weighted by atomic mass is 10.0. The fourth-order valence-electron chi connectivity index (χ4n) is 4.15. The molecule has 0 heterocycles. The third-order valence-corrected chi connectivity index (χ3v) is 7.76. The van der Waals surface area contributed by atoms with Crippen molar-refractivity contribution in [2.24, 2.45) is 0 Å². The molecule has 3 aromatic rings. The molecule has 40 heavy (non-hydrogen) atoms. The number of methoxy groups -OCH3 is 1. The average molecular weight is 607 g/mol. The van der Waals surface area contributed by atoms with Gasteiger partial charge in [-0.2, -0.15) is 0 Å². The summed E-state index contributed by atoms with van der Waals surface area (Å²) < 4.78 is 31.9. The zero-order valence-electron chi connectivity index (χ0n) is 22.8. The highest BCUT2D eigenvalue weighted by Crippen LogP contribution is 2.30. The Kier molecular flexibility index (Phi) is 10.8. The van der Waals surface area contributed by atoms with Gasteiger partial charge in [0.05, 0.1) is 24.1 Å². The van der Waals surface area contributed by atoms with Gasteiger partial charge in [-0.1, -0.05) is 65.7 Å². The molecule has 0 aliphatic rings. The number of benzene rings is 3. The first-order valence-corrected chi connectivity index (χ1v) is 15.2. The number of nitrogens with zero attached hydrogens (tertiary/aromatic N) is 2. The van der Waals surface area contributed by atoms with Gasteiger partial charge in [-0.05, 0) is 55.3 Å². The van der Waals surface area contributed by atoms with Crippen LogP contribution in [0.25, 0.3) is 0 Å². The molecule has 214 valence electrons. The smallest absolute Gasteiger partial charge is 0.244 e. The van der Waals surface area contributed by atoms with Gasteiger partial charge in [0.2, 0.25) is 21.8 Å². The molecule has 0 fully saturated rings. The van der Waals surface area contributed by atoms with Crippen LogP contribution in [0.2, 0.25) is 10.0 Å². The number of nitrogens with one attached hydrogen (secondary N) is 1. The van der Waals surface area contributed by atoms with Gasteiger partial charge >= 0.3 is 0 Å². The van der Waals surface area contributed by atoms with Crippen LogP contribution in [0.1, 0.15) is 25.0 Å². The molecule has 0 aliphatic carbocycles. The molecule has 0 saturated carbocycles. The maximum absolute atomic E-state index is 14.0. The Labute approximate surface area is 245 Å². The summed E-state index contributed by atoms with van der Waals surface area (Å²) in [4.78, 5) is 29.0. The number of amides is 2. The molecule has 3 rings (SSSR count). The van der Waals surface area contributed by atoms with Gasteiger partial charge in [-0.3, -0.25) is 13.9 Å². The number of rotatable bonds is 12. The molecule has 11 heteroatoms. The van der Waals surface area contributed by atoms with Crippen LogP contribution in [0, 0.1) is 0 Å². The number of carbonyl (C=O) groups is 2. The van der Waals surface area contributed by atoms with E-state index in [2.05, 4.69) is 5.32 Å². The Bertz CT molecular complexity index is 1420. The third kappa shape index (κ3) is 8.61. The number of ether oxygens (including phenoxy) is 1. The van der Waals surface area contributed by atoms with Crippen LogP contribution in [-0.4, -0.2) is 57.1 Å². The highest BCUT2D eigenvalue weighted by atomic mass is 35.5. The maximum Gasteiger partial charge on any atom is 0.244 e.